The van der Waals surface area contributed by atoms with E-state index in [2.05, 4.69) is 41.4 Å². The number of aryl methyl sites for hydroxylation is 1. The third-order valence-electron chi connectivity index (χ3n) is 4.67. The lowest BCUT2D eigenvalue weighted by Crippen LogP contribution is -2.43. The Hall–Kier alpha value is -1.85. The number of rotatable bonds is 7. The molecule has 0 aliphatic carbocycles. The maximum absolute atomic E-state index is 12.8. The van der Waals surface area contributed by atoms with Crippen LogP contribution in [0.2, 0.25) is 0 Å². The van der Waals surface area contributed by atoms with Crippen LogP contribution in [0.5, 0.6) is 0 Å². The summed E-state index contributed by atoms with van der Waals surface area (Å²) in [6.45, 7) is 5.16. The molecule has 0 bridgehead atoms. The zero-order valence-corrected chi connectivity index (χ0v) is 15.9. The Labute approximate surface area is 154 Å². The molecular weight excluding hydrogens is 330 g/mol. The second-order valence-electron chi connectivity index (χ2n) is 6.77. The molecule has 1 aliphatic rings. The number of hydrogen-bond acceptors (Lipinski definition) is 4. The van der Waals surface area contributed by atoms with E-state index in [-0.39, 0.29) is 5.91 Å². The summed E-state index contributed by atoms with van der Waals surface area (Å²) >= 11 is 1.76. The van der Waals surface area contributed by atoms with Crippen molar-refractivity contribution in [3.63, 3.8) is 0 Å². The largest absolute Gasteiger partial charge is 0.361 e. The van der Waals surface area contributed by atoms with Crippen molar-refractivity contribution in [2.45, 2.75) is 32.4 Å². The highest BCUT2D eigenvalue weighted by Gasteiger charge is 2.21. The Balaban J connectivity index is 1.64. The van der Waals surface area contributed by atoms with Crippen molar-refractivity contribution in [2.24, 2.45) is 0 Å². The van der Waals surface area contributed by atoms with Gasteiger partial charge in [-0.25, -0.2) is 0 Å². The molecule has 1 amide bonds. The van der Waals surface area contributed by atoms with Gasteiger partial charge in [0.05, 0.1) is 13.1 Å². The number of thiophene rings is 1. The van der Waals surface area contributed by atoms with E-state index in [9.17, 15) is 4.79 Å². The van der Waals surface area contributed by atoms with Crippen LogP contribution in [-0.2, 0) is 11.3 Å². The van der Waals surface area contributed by atoms with Gasteiger partial charge in [0.25, 0.3) is 0 Å². The Morgan fingerprint density at radius 3 is 2.68 bits per heavy atom. The summed E-state index contributed by atoms with van der Waals surface area (Å²) in [7, 11) is 1.90. The van der Waals surface area contributed by atoms with Gasteiger partial charge in [0.2, 0.25) is 5.91 Å². The van der Waals surface area contributed by atoms with E-state index >= 15 is 0 Å². The van der Waals surface area contributed by atoms with Gasteiger partial charge in [0.1, 0.15) is 0 Å². The number of nitrogens with zero attached hydrogens (tertiary/aromatic N) is 2. The topological polar surface area (TPSA) is 35.6 Å². The van der Waals surface area contributed by atoms with Gasteiger partial charge in [-0.3, -0.25) is 4.79 Å². The average Bonchev–Trinajstić information content (AvgIpc) is 3.26. The van der Waals surface area contributed by atoms with Crippen molar-refractivity contribution in [2.75, 3.05) is 31.6 Å². The zero-order chi connectivity index (χ0) is 17.6. The van der Waals surface area contributed by atoms with Crippen LogP contribution in [0, 0.1) is 6.92 Å². The van der Waals surface area contributed by atoms with E-state index in [0.717, 1.165) is 18.8 Å². The average molecular weight is 358 g/mol. The number of carbonyl (C=O) groups is 1. The van der Waals surface area contributed by atoms with E-state index in [1.165, 1.54) is 22.6 Å². The smallest absolute Gasteiger partial charge is 0.242 e. The van der Waals surface area contributed by atoms with Crippen LogP contribution in [0.3, 0.4) is 0 Å². The van der Waals surface area contributed by atoms with Gasteiger partial charge in [-0.1, -0.05) is 18.2 Å². The minimum absolute atomic E-state index is 0.160. The summed E-state index contributed by atoms with van der Waals surface area (Å²) in [5, 5.41) is 3.54. The van der Waals surface area contributed by atoms with E-state index in [1.807, 2.05) is 30.1 Å². The van der Waals surface area contributed by atoms with Gasteiger partial charge >= 0.3 is 0 Å². The molecule has 0 spiro atoms. The van der Waals surface area contributed by atoms with Crippen molar-refractivity contribution >= 4 is 22.9 Å². The molecule has 1 aromatic carbocycles. The third kappa shape index (κ3) is 5.06. The molecule has 1 aliphatic heterocycles. The molecule has 5 heteroatoms. The fourth-order valence-electron chi connectivity index (χ4n) is 3.25. The molecule has 1 unspecified atom stereocenters. The third-order valence-corrected chi connectivity index (χ3v) is 5.65. The summed E-state index contributed by atoms with van der Waals surface area (Å²) in [4.78, 5) is 19.3. The summed E-state index contributed by atoms with van der Waals surface area (Å²) < 4.78 is 0. The molecule has 1 atom stereocenters. The molecule has 2 aromatic rings. The van der Waals surface area contributed by atoms with Crippen molar-refractivity contribution in [1.82, 2.24) is 10.2 Å². The highest BCUT2D eigenvalue weighted by atomic mass is 32.1. The first-order valence-electron chi connectivity index (χ1n) is 8.94. The molecule has 2 heterocycles. The lowest BCUT2D eigenvalue weighted by molar-refractivity contribution is -0.128. The standard InChI is InChI=1S/C20H27N3OS/c1-16-10-11-19(25-16)14-22(2)20(24)15-23(13-17-7-6-12-21-17)18-8-4-3-5-9-18/h3-5,8-11,17,21H,6-7,12-15H2,1-2H3. The number of para-hydroxylation sites is 1. The van der Waals surface area contributed by atoms with Gasteiger partial charge in [0, 0.05) is 35.1 Å². The minimum atomic E-state index is 0.160. The van der Waals surface area contributed by atoms with E-state index in [4.69, 9.17) is 0 Å². The van der Waals surface area contributed by atoms with Crippen molar-refractivity contribution < 1.29 is 4.79 Å². The summed E-state index contributed by atoms with van der Waals surface area (Å²) in [5.74, 6) is 0.160. The number of anilines is 1. The molecule has 0 radical (unpaired) electrons. The van der Waals surface area contributed by atoms with Crippen molar-refractivity contribution in [1.29, 1.82) is 0 Å². The molecule has 1 aromatic heterocycles. The Bertz CT molecular complexity index is 679. The van der Waals surface area contributed by atoms with Crippen molar-refractivity contribution in [3.8, 4) is 0 Å². The second kappa shape index (κ2) is 8.50. The first-order valence-corrected chi connectivity index (χ1v) is 9.76. The molecule has 0 saturated carbocycles. The van der Waals surface area contributed by atoms with Gasteiger partial charge in [-0.2, -0.15) is 0 Å². The van der Waals surface area contributed by atoms with Gasteiger partial charge in [0.15, 0.2) is 0 Å². The SMILES string of the molecule is Cc1ccc(CN(C)C(=O)CN(CC2CCCN2)c2ccccc2)s1. The van der Waals surface area contributed by atoms with E-state index in [0.29, 0.717) is 19.1 Å². The van der Waals surface area contributed by atoms with Gasteiger partial charge in [-0.05, 0) is 50.6 Å². The number of likely N-dealkylation sites (N-methyl/N-ethyl adjacent to an activating group) is 1. The van der Waals surface area contributed by atoms with Crippen LogP contribution >= 0.6 is 11.3 Å². The summed E-state index contributed by atoms with van der Waals surface area (Å²) in [6, 6.07) is 15.0. The predicted octanol–water partition coefficient (Wildman–Crippen LogP) is 3.27. The predicted molar refractivity (Wildman–Crippen MR) is 105 cm³/mol. The highest BCUT2D eigenvalue weighted by molar-refractivity contribution is 7.11. The van der Waals surface area contributed by atoms with Crippen LogP contribution in [0.15, 0.2) is 42.5 Å². The normalized spacial score (nSPS) is 16.8. The molecule has 3 rings (SSSR count). The van der Waals surface area contributed by atoms with Crippen LogP contribution in [0.4, 0.5) is 5.69 Å². The van der Waals surface area contributed by atoms with Gasteiger partial charge in [-0.15, -0.1) is 11.3 Å². The number of benzene rings is 1. The number of amides is 1. The number of hydrogen-bond donors (Lipinski definition) is 1. The first-order chi connectivity index (χ1) is 12.1. The van der Waals surface area contributed by atoms with Crippen LogP contribution in [0.25, 0.3) is 0 Å². The number of carbonyl (C=O) groups excluding carboxylic acids is 1. The molecule has 134 valence electrons. The van der Waals surface area contributed by atoms with Crippen molar-refractivity contribution in [3.05, 3.63) is 52.2 Å². The number of nitrogens with one attached hydrogen (secondary N) is 1. The maximum Gasteiger partial charge on any atom is 0.242 e. The Kier molecular flexibility index (Phi) is 6.10. The highest BCUT2D eigenvalue weighted by Crippen LogP contribution is 2.19. The maximum atomic E-state index is 12.8. The summed E-state index contributed by atoms with van der Waals surface area (Å²) in [6.07, 6.45) is 2.40. The molecule has 1 fully saturated rings. The van der Waals surface area contributed by atoms with Gasteiger partial charge < -0.3 is 15.1 Å². The lowest BCUT2D eigenvalue weighted by Gasteiger charge is -2.29. The molecular formula is C20H27N3OS. The van der Waals surface area contributed by atoms with E-state index < -0.39 is 0 Å². The van der Waals surface area contributed by atoms with Crippen LogP contribution < -0.4 is 10.2 Å². The van der Waals surface area contributed by atoms with Crippen LogP contribution in [0.1, 0.15) is 22.6 Å². The lowest BCUT2D eigenvalue weighted by atomic mass is 10.2. The molecule has 25 heavy (non-hydrogen) atoms. The molecule has 1 saturated heterocycles. The summed E-state index contributed by atoms with van der Waals surface area (Å²) in [5.41, 5.74) is 1.12. The zero-order valence-electron chi connectivity index (χ0n) is 15.1. The molecule has 4 nitrogen and oxygen atoms in total. The second-order valence-corrected chi connectivity index (χ2v) is 8.14. The monoisotopic (exact) mass is 357 g/mol. The van der Waals surface area contributed by atoms with Crippen LogP contribution in [-0.4, -0.2) is 43.5 Å². The van der Waals surface area contributed by atoms with E-state index in [1.54, 1.807) is 11.3 Å². The Morgan fingerprint density at radius 1 is 1.24 bits per heavy atom. The minimum Gasteiger partial charge on any atom is -0.361 e. The first kappa shape index (κ1) is 18.0. The quantitative estimate of drug-likeness (QED) is 0.826. The fourth-order valence-corrected chi connectivity index (χ4v) is 4.20. The fraction of sp³-hybridized carbons (Fsp3) is 0.450. The molecule has 1 N–H and O–H groups in total. The Morgan fingerprint density at radius 2 is 2.04 bits per heavy atom.